The summed E-state index contributed by atoms with van der Waals surface area (Å²) in [4.78, 5) is 24.8. The van der Waals surface area contributed by atoms with Gasteiger partial charge in [-0.2, -0.15) is 0 Å². The number of amides is 1. The van der Waals surface area contributed by atoms with E-state index in [9.17, 15) is 9.59 Å². The molecule has 0 atom stereocenters. The molecule has 0 saturated heterocycles. The maximum Gasteiger partial charge on any atom is 0.305 e. The number of nitrogens with one attached hydrogen (secondary N) is 1. The minimum atomic E-state index is -0.253. The maximum absolute atomic E-state index is 12.2. The SMILES string of the molecule is CNc1ccccc1C(=O)N(C)CCCC(=O)OC. The first-order chi connectivity index (χ1) is 9.10. The molecule has 0 bridgehead atoms. The third-order valence-electron chi connectivity index (χ3n) is 2.88. The molecule has 0 fully saturated rings. The second-order valence-corrected chi connectivity index (χ2v) is 4.20. The predicted molar refractivity (Wildman–Crippen MR) is 74.2 cm³/mol. The lowest BCUT2D eigenvalue weighted by Gasteiger charge is -2.18. The molecule has 0 aromatic heterocycles. The van der Waals surface area contributed by atoms with Crippen LogP contribution in [-0.2, 0) is 9.53 Å². The van der Waals surface area contributed by atoms with Crippen LogP contribution in [0, 0.1) is 0 Å². The second-order valence-electron chi connectivity index (χ2n) is 4.20. The van der Waals surface area contributed by atoms with Crippen LogP contribution in [0.5, 0.6) is 0 Å². The molecular formula is C14H20N2O3. The van der Waals surface area contributed by atoms with E-state index >= 15 is 0 Å². The van der Waals surface area contributed by atoms with Crippen molar-refractivity contribution in [2.75, 3.05) is 33.1 Å². The second kappa shape index (κ2) is 7.41. The molecular weight excluding hydrogens is 244 g/mol. The van der Waals surface area contributed by atoms with E-state index in [0.717, 1.165) is 5.69 Å². The molecule has 0 aliphatic rings. The van der Waals surface area contributed by atoms with Crippen LogP contribution >= 0.6 is 0 Å². The van der Waals surface area contributed by atoms with Gasteiger partial charge in [0.25, 0.3) is 5.91 Å². The number of ether oxygens (including phenoxy) is 1. The van der Waals surface area contributed by atoms with Crippen LogP contribution in [-0.4, -0.2) is 44.5 Å². The molecule has 0 aliphatic heterocycles. The molecule has 0 radical (unpaired) electrons. The Hall–Kier alpha value is -2.04. The molecule has 0 heterocycles. The first-order valence-electron chi connectivity index (χ1n) is 6.19. The number of carbonyl (C=O) groups is 2. The number of esters is 1. The number of benzene rings is 1. The highest BCUT2D eigenvalue weighted by molar-refractivity contribution is 5.99. The predicted octanol–water partition coefficient (Wildman–Crippen LogP) is 1.75. The number of rotatable bonds is 6. The van der Waals surface area contributed by atoms with E-state index in [1.165, 1.54) is 7.11 Å². The summed E-state index contributed by atoms with van der Waals surface area (Å²) in [6.45, 7) is 0.520. The Morgan fingerprint density at radius 1 is 1.32 bits per heavy atom. The number of methoxy groups -OCH3 is 1. The molecule has 5 heteroatoms. The van der Waals surface area contributed by atoms with Crippen molar-refractivity contribution in [1.29, 1.82) is 0 Å². The van der Waals surface area contributed by atoms with E-state index in [2.05, 4.69) is 10.1 Å². The number of anilines is 1. The van der Waals surface area contributed by atoms with Crippen molar-refractivity contribution in [3.8, 4) is 0 Å². The summed E-state index contributed by atoms with van der Waals surface area (Å²) < 4.78 is 4.56. The molecule has 104 valence electrons. The highest BCUT2D eigenvalue weighted by atomic mass is 16.5. The van der Waals surface area contributed by atoms with Gasteiger partial charge in [0.2, 0.25) is 0 Å². The van der Waals surface area contributed by atoms with Gasteiger partial charge in [-0.05, 0) is 18.6 Å². The van der Waals surface area contributed by atoms with Crippen molar-refractivity contribution in [2.45, 2.75) is 12.8 Å². The summed E-state index contributed by atoms with van der Waals surface area (Å²) in [5.74, 6) is -0.314. The molecule has 1 aromatic carbocycles. The van der Waals surface area contributed by atoms with Crippen molar-refractivity contribution in [3.63, 3.8) is 0 Å². The Kier molecular flexibility index (Phi) is 5.85. The van der Waals surface area contributed by atoms with Gasteiger partial charge in [-0.3, -0.25) is 9.59 Å². The Morgan fingerprint density at radius 3 is 2.63 bits per heavy atom. The number of carbonyl (C=O) groups excluding carboxylic acids is 2. The largest absolute Gasteiger partial charge is 0.469 e. The van der Waals surface area contributed by atoms with Gasteiger partial charge in [-0.15, -0.1) is 0 Å². The van der Waals surface area contributed by atoms with Crippen molar-refractivity contribution in [3.05, 3.63) is 29.8 Å². The normalized spacial score (nSPS) is 9.84. The molecule has 1 rings (SSSR count). The third-order valence-corrected chi connectivity index (χ3v) is 2.88. The zero-order valence-corrected chi connectivity index (χ0v) is 11.6. The number of nitrogens with zero attached hydrogens (tertiary/aromatic N) is 1. The van der Waals surface area contributed by atoms with Gasteiger partial charge in [0.05, 0.1) is 12.7 Å². The summed E-state index contributed by atoms with van der Waals surface area (Å²) in [7, 11) is 4.87. The van der Waals surface area contributed by atoms with Gasteiger partial charge in [0.1, 0.15) is 0 Å². The van der Waals surface area contributed by atoms with E-state index in [0.29, 0.717) is 24.9 Å². The fourth-order valence-electron chi connectivity index (χ4n) is 1.76. The van der Waals surface area contributed by atoms with E-state index in [1.54, 1.807) is 25.1 Å². The fourth-order valence-corrected chi connectivity index (χ4v) is 1.76. The van der Waals surface area contributed by atoms with Crippen LogP contribution in [0.25, 0.3) is 0 Å². The molecule has 0 aliphatic carbocycles. The fraction of sp³-hybridized carbons (Fsp3) is 0.429. The van der Waals surface area contributed by atoms with Crippen molar-refractivity contribution >= 4 is 17.6 Å². The van der Waals surface area contributed by atoms with Gasteiger partial charge < -0.3 is 15.0 Å². The highest BCUT2D eigenvalue weighted by Gasteiger charge is 2.14. The molecule has 5 nitrogen and oxygen atoms in total. The van der Waals surface area contributed by atoms with Gasteiger partial charge >= 0.3 is 5.97 Å². The Bertz CT molecular complexity index is 446. The van der Waals surface area contributed by atoms with Crippen LogP contribution in [0.15, 0.2) is 24.3 Å². The average molecular weight is 264 g/mol. The summed E-state index contributed by atoms with van der Waals surface area (Å²) in [5, 5.41) is 2.99. The van der Waals surface area contributed by atoms with Crippen LogP contribution in [0.4, 0.5) is 5.69 Å². The Morgan fingerprint density at radius 2 is 2.00 bits per heavy atom. The van der Waals surface area contributed by atoms with E-state index in [4.69, 9.17) is 0 Å². The summed E-state index contributed by atoms with van der Waals surface area (Å²) in [5.41, 5.74) is 1.43. The summed E-state index contributed by atoms with van der Waals surface area (Å²) >= 11 is 0. The van der Waals surface area contributed by atoms with Crippen molar-refractivity contribution < 1.29 is 14.3 Å². The first-order valence-corrected chi connectivity index (χ1v) is 6.19. The molecule has 0 spiro atoms. The van der Waals surface area contributed by atoms with Crippen LogP contribution in [0.2, 0.25) is 0 Å². The van der Waals surface area contributed by atoms with E-state index in [-0.39, 0.29) is 11.9 Å². The Labute approximate surface area is 113 Å². The zero-order valence-electron chi connectivity index (χ0n) is 11.6. The lowest BCUT2D eigenvalue weighted by Crippen LogP contribution is -2.28. The number of hydrogen-bond acceptors (Lipinski definition) is 4. The standard InChI is InChI=1S/C14H20N2O3/c1-15-12-8-5-4-7-11(12)14(18)16(2)10-6-9-13(17)19-3/h4-5,7-8,15H,6,9-10H2,1-3H3. The topological polar surface area (TPSA) is 58.6 Å². The van der Waals surface area contributed by atoms with Crippen molar-refractivity contribution in [1.82, 2.24) is 4.90 Å². The third kappa shape index (κ3) is 4.28. The number of hydrogen-bond donors (Lipinski definition) is 1. The molecule has 0 saturated carbocycles. The van der Waals surface area contributed by atoms with E-state index in [1.807, 2.05) is 18.2 Å². The monoisotopic (exact) mass is 264 g/mol. The first kappa shape index (κ1) is 15.0. The van der Waals surface area contributed by atoms with Crippen molar-refractivity contribution in [2.24, 2.45) is 0 Å². The lowest BCUT2D eigenvalue weighted by molar-refractivity contribution is -0.140. The summed E-state index contributed by atoms with van der Waals surface area (Å²) in [6, 6.07) is 7.34. The maximum atomic E-state index is 12.2. The van der Waals surface area contributed by atoms with Crippen LogP contribution in [0.1, 0.15) is 23.2 Å². The molecule has 1 aromatic rings. The summed E-state index contributed by atoms with van der Waals surface area (Å²) in [6.07, 6.45) is 0.915. The molecule has 1 amide bonds. The van der Waals surface area contributed by atoms with Gasteiger partial charge in [-0.25, -0.2) is 0 Å². The highest BCUT2D eigenvalue weighted by Crippen LogP contribution is 2.16. The molecule has 0 unspecified atom stereocenters. The van der Waals surface area contributed by atoms with Gasteiger partial charge in [-0.1, -0.05) is 12.1 Å². The minimum absolute atomic E-state index is 0.0604. The smallest absolute Gasteiger partial charge is 0.305 e. The Balaban J connectivity index is 2.59. The van der Waals surface area contributed by atoms with E-state index < -0.39 is 0 Å². The van der Waals surface area contributed by atoms with Crippen LogP contribution < -0.4 is 5.32 Å². The van der Waals surface area contributed by atoms with Crippen LogP contribution in [0.3, 0.4) is 0 Å². The molecule has 19 heavy (non-hydrogen) atoms. The zero-order chi connectivity index (χ0) is 14.3. The molecule has 1 N–H and O–H groups in total. The lowest BCUT2D eigenvalue weighted by atomic mass is 10.1. The number of para-hydroxylation sites is 1. The quantitative estimate of drug-likeness (QED) is 0.795. The van der Waals surface area contributed by atoms with Gasteiger partial charge in [0, 0.05) is 32.7 Å². The average Bonchev–Trinajstić information content (AvgIpc) is 2.45. The minimum Gasteiger partial charge on any atom is -0.469 e. The van der Waals surface area contributed by atoms with Gasteiger partial charge in [0.15, 0.2) is 0 Å².